The molecule has 1 fully saturated rings. The lowest BCUT2D eigenvalue weighted by Gasteiger charge is -2.38. The van der Waals surface area contributed by atoms with Gasteiger partial charge in [-0.15, -0.1) is 0 Å². The molecular formula is C20H19N3O3. The molecule has 132 valence electrons. The quantitative estimate of drug-likeness (QED) is 0.771. The van der Waals surface area contributed by atoms with Gasteiger partial charge in [-0.3, -0.25) is 9.59 Å². The lowest BCUT2D eigenvalue weighted by molar-refractivity contribution is -0.0449. The number of hydrogen-bond acceptors (Lipinski definition) is 4. The van der Waals surface area contributed by atoms with E-state index in [4.69, 9.17) is 4.74 Å². The van der Waals surface area contributed by atoms with E-state index in [-0.39, 0.29) is 29.3 Å². The molecule has 1 N–H and O–H groups in total. The topological polar surface area (TPSA) is 75.3 Å². The molecule has 1 aliphatic heterocycles. The van der Waals surface area contributed by atoms with Crippen molar-refractivity contribution >= 4 is 16.7 Å². The van der Waals surface area contributed by atoms with Gasteiger partial charge in [0.15, 0.2) is 5.69 Å². The zero-order valence-corrected chi connectivity index (χ0v) is 14.4. The van der Waals surface area contributed by atoms with Crippen LogP contribution in [-0.4, -0.2) is 40.3 Å². The fourth-order valence-electron chi connectivity index (χ4n) is 3.39. The van der Waals surface area contributed by atoms with Crippen molar-refractivity contribution in [1.82, 2.24) is 15.1 Å². The van der Waals surface area contributed by atoms with Gasteiger partial charge in [-0.1, -0.05) is 48.5 Å². The number of ether oxygens (including phenoxy) is 1. The molecular weight excluding hydrogens is 330 g/mol. The SMILES string of the molecule is C[C@H]1CN(C(=O)c2n[nH]c(=O)c3ccccc23)[C@@H](c2ccccc2)CO1. The van der Waals surface area contributed by atoms with Crippen LogP contribution in [0.4, 0.5) is 0 Å². The fourth-order valence-corrected chi connectivity index (χ4v) is 3.39. The van der Waals surface area contributed by atoms with Crippen molar-refractivity contribution in [1.29, 1.82) is 0 Å². The highest BCUT2D eigenvalue weighted by Gasteiger charge is 2.33. The number of rotatable bonds is 2. The zero-order chi connectivity index (χ0) is 18.1. The maximum absolute atomic E-state index is 13.3. The summed E-state index contributed by atoms with van der Waals surface area (Å²) in [5, 5.41) is 7.53. The van der Waals surface area contributed by atoms with E-state index in [9.17, 15) is 9.59 Å². The molecule has 0 radical (unpaired) electrons. The van der Waals surface area contributed by atoms with E-state index < -0.39 is 0 Å². The maximum Gasteiger partial charge on any atom is 0.275 e. The van der Waals surface area contributed by atoms with E-state index in [1.54, 1.807) is 29.2 Å². The van der Waals surface area contributed by atoms with Crippen molar-refractivity contribution < 1.29 is 9.53 Å². The molecule has 0 saturated carbocycles. The van der Waals surface area contributed by atoms with Gasteiger partial charge in [0.2, 0.25) is 0 Å². The first kappa shape index (κ1) is 16.5. The first-order valence-electron chi connectivity index (χ1n) is 8.60. The van der Waals surface area contributed by atoms with Crippen molar-refractivity contribution in [2.45, 2.75) is 19.1 Å². The second-order valence-electron chi connectivity index (χ2n) is 6.47. The van der Waals surface area contributed by atoms with Crippen molar-refractivity contribution in [2.75, 3.05) is 13.2 Å². The van der Waals surface area contributed by atoms with E-state index in [1.165, 1.54) is 0 Å². The molecule has 6 heteroatoms. The van der Waals surface area contributed by atoms with Crippen molar-refractivity contribution in [3.8, 4) is 0 Å². The molecule has 2 heterocycles. The van der Waals surface area contributed by atoms with Crippen LogP contribution in [0.15, 0.2) is 59.4 Å². The Morgan fingerprint density at radius 2 is 1.81 bits per heavy atom. The Hall–Kier alpha value is -2.99. The second-order valence-corrected chi connectivity index (χ2v) is 6.47. The predicted molar refractivity (Wildman–Crippen MR) is 98.0 cm³/mol. The lowest BCUT2D eigenvalue weighted by atomic mass is 10.0. The molecule has 0 unspecified atom stereocenters. The van der Waals surface area contributed by atoms with Gasteiger partial charge < -0.3 is 9.64 Å². The van der Waals surface area contributed by atoms with E-state index in [0.29, 0.717) is 23.9 Å². The summed E-state index contributed by atoms with van der Waals surface area (Å²) in [6, 6.07) is 16.7. The van der Waals surface area contributed by atoms with Crippen molar-refractivity contribution in [3.63, 3.8) is 0 Å². The number of amides is 1. The van der Waals surface area contributed by atoms with Crippen LogP contribution in [0.5, 0.6) is 0 Å². The Bertz CT molecular complexity index is 1000. The van der Waals surface area contributed by atoms with Crippen LogP contribution in [0.3, 0.4) is 0 Å². The van der Waals surface area contributed by atoms with Gasteiger partial charge in [0, 0.05) is 11.9 Å². The largest absolute Gasteiger partial charge is 0.374 e. The second kappa shape index (κ2) is 6.72. The molecule has 2 atom stereocenters. The summed E-state index contributed by atoms with van der Waals surface area (Å²) in [5.41, 5.74) is 0.976. The molecule has 1 saturated heterocycles. The molecule has 4 rings (SSSR count). The van der Waals surface area contributed by atoms with Gasteiger partial charge in [0.1, 0.15) is 0 Å². The number of nitrogens with one attached hydrogen (secondary N) is 1. The minimum Gasteiger partial charge on any atom is -0.374 e. The fraction of sp³-hybridized carbons (Fsp3) is 0.250. The molecule has 0 bridgehead atoms. The van der Waals surface area contributed by atoms with Crippen molar-refractivity contribution in [3.05, 3.63) is 76.2 Å². The maximum atomic E-state index is 13.3. The molecule has 0 spiro atoms. The van der Waals surface area contributed by atoms with Crippen LogP contribution >= 0.6 is 0 Å². The Kier molecular flexibility index (Phi) is 4.26. The normalized spacial score (nSPS) is 20.3. The third-order valence-electron chi connectivity index (χ3n) is 4.71. The average molecular weight is 349 g/mol. The highest BCUT2D eigenvalue weighted by atomic mass is 16.5. The summed E-state index contributed by atoms with van der Waals surface area (Å²) in [7, 11) is 0. The predicted octanol–water partition coefficient (Wildman–Crippen LogP) is 2.53. The third-order valence-corrected chi connectivity index (χ3v) is 4.71. The number of aromatic nitrogens is 2. The Balaban J connectivity index is 1.78. The van der Waals surface area contributed by atoms with Gasteiger partial charge in [-0.25, -0.2) is 5.10 Å². The molecule has 1 aromatic heterocycles. The van der Waals surface area contributed by atoms with Crippen LogP contribution in [0.2, 0.25) is 0 Å². The number of carbonyl (C=O) groups is 1. The molecule has 6 nitrogen and oxygen atoms in total. The molecule has 26 heavy (non-hydrogen) atoms. The van der Waals surface area contributed by atoms with E-state index in [0.717, 1.165) is 5.56 Å². The number of benzene rings is 2. The Labute approximate surface area is 150 Å². The van der Waals surface area contributed by atoms with Gasteiger partial charge in [0.05, 0.1) is 24.1 Å². The van der Waals surface area contributed by atoms with E-state index in [1.807, 2.05) is 37.3 Å². The van der Waals surface area contributed by atoms with Gasteiger partial charge in [-0.2, -0.15) is 5.10 Å². The number of fused-ring (bicyclic) bond motifs is 1. The Morgan fingerprint density at radius 3 is 2.58 bits per heavy atom. The number of nitrogens with zero attached hydrogens (tertiary/aromatic N) is 2. The first-order valence-corrected chi connectivity index (χ1v) is 8.60. The van der Waals surface area contributed by atoms with E-state index >= 15 is 0 Å². The molecule has 2 aromatic carbocycles. The molecule has 1 aliphatic rings. The third kappa shape index (κ3) is 2.88. The molecule has 1 amide bonds. The van der Waals surface area contributed by atoms with Crippen LogP contribution in [0, 0.1) is 0 Å². The standard InChI is InChI=1S/C20H19N3O3/c1-13-11-23(17(12-26-13)14-7-3-2-4-8-14)20(25)18-15-9-5-6-10-16(15)19(24)22-21-18/h2-10,13,17H,11-12H2,1H3,(H,22,24)/t13-,17+/m0/s1. The molecule has 0 aliphatic carbocycles. The summed E-state index contributed by atoms with van der Waals surface area (Å²) in [6.45, 7) is 2.84. The van der Waals surface area contributed by atoms with Crippen LogP contribution in [0.25, 0.3) is 10.8 Å². The smallest absolute Gasteiger partial charge is 0.275 e. The number of H-pyrrole nitrogens is 1. The van der Waals surface area contributed by atoms with Gasteiger partial charge in [-0.05, 0) is 18.6 Å². The van der Waals surface area contributed by atoms with E-state index in [2.05, 4.69) is 10.2 Å². The summed E-state index contributed by atoms with van der Waals surface area (Å²) in [6.07, 6.45) is -0.0621. The van der Waals surface area contributed by atoms with Crippen LogP contribution in [0.1, 0.15) is 29.0 Å². The number of carbonyl (C=O) groups excluding carboxylic acids is 1. The summed E-state index contributed by atoms with van der Waals surface area (Å²) in [5.74, 6) is -0.207. The highest BCUT2D eigenvalue weighted by Crippen LogP contribution is 2.28. The minimum absolute atomic E-state index is 0.0621. The summed E-state index contributed by atoms with van der Waals surface area (Å²) >= 11 is 0. The molecule has 3 aromatic rings. The lowest BCUT2D eigenvalue weighted by Crippen LogP contribution is -2.47. The number of morpholine rings is 1. The van der Waals surface area contributed by atoms with Crippen LogP contribution in [-0.2, 0) is 4.74 Å². The van der Waals surface area contributed by atoms with Crippen molar-refractivity contribution in [2.24, 2.45) is 0 Å². The minimum atomic E-state index is -0.299. The average Bonchev–Trinajstić information content (AvgIpc) is 2.69. The van der Waals surface area contributed by atoms with Gasteiger partial charge in [0.25, 0.3) is 11.5 Å². The first-order chi connectivity index (χ1) is 12.6. The highest BCUT2D eigenvalue weighted by molar-refractivity contribution is 6.04. The Morgan fingerprint density at radius 1 is 1.12 bits per heavy atom. The monoisotopic (exact) mass is 349 g/mol. The number of aromatic amines is 1. The zero-order valence-electron chi connectivity index (χ0n) is 14.4. The summed E-state index contributed by atoms with van der Waals surface area (Å²) < 4.78 is 5.80. The summed E-state index contributed by atoms with van der Waals surface area (Å²) in [4.78, 5) is 27.1. The number of hydrogen-bond donors (Lipinski definition) is 1. The van der Waals surface area contributed by atoms with Gasteiger partial charge >= 0.3 is 0 Å². The van der Waals surface area contributed by atoms with Crippen LogP contribution < -0.4 is 5.56 Å².